The highest BCUT2D eigenvalue weighted by atomic mass is 19.1. The van der Waals surface area contributed by atoms with E-state index in [9.17, 15) is 9.18 Å². The zero-order chi connectivity index (χ0) is 9.14. The Kier molecular flexibility index (Phi) is 2.57. The molecule has 0 atom stereocenters. The van der Waals surface area contributed by atoms with Gasteiger partial charge in [0.25, 0.3) is 0 Å². The summed E-state index contributed by atoms with van der Waals surface area (Å²) in [6, 6.07) is 3.73. The van der Waals surface area contributed by atoms with Gasteiger partial charge in [-0.05, 0) is 11.5 Å². The SMILES string of the molecule is O=C(F)c1ccccc1B(O)O. The number of rotatable bonds is 2. The first-order chi connectivity index (χ1) is 5.63. The minimum atomic E-state index is -1.82. The molecule has 0 aromatic heterocycles. The van der Waals surface area contributed by atoms with Crippen molar-refractivity contribution in [1.82, 2.24) is 0 Å². The second-order valence-corrected chi connectivity index (χ2v) is 2.23. The fourth-order valence-electron chi connectivity index (χ4n) is 0.901. The minimum absolute atomic E-state index is 0.120. The highest BCUT2D eigenvalue weighted by molar-refractivity contribution is 6.60. The quantitative estimate of drug-likeness (QED) is 0.461. The molecule has 0 unspecified atom stereocenters. The number of hydrogen-bond acceptors (Lipinski definition) is 3. The molecule has 1 rings (SSSR count). The van der Waals surface area contributed by atoms with Crippen LogP contribution in [0.2, 0.25) is 0 Å². The van der Waals surface area contributed by atoms with Crippen LogP contribution in [-0.2, 0) is 0 Å². The van der Waals surface area contributed by atoms with E-state index in [4.69, 9.17) is 10.0 Å². The Labute approximate surface area is 68.6 Å². The normalized spacial score (nSPS) is 9.58. The zero-order valence-corrected chi connectivity index (χ0v) is 6.07. The number of carbonyl (C=O) groups excluding carboxylic acids is 1. The van der Waals surface area contributed by atoms with Gasteiger partial charge in [-0.25, -0.2) is 0 Å². The number of carbonyl (C=O) groups is 1. The molecule has 0 saturated heterocycles. The van der Waals surface area contributed by atoms with Crippen molar-refractivity contribution in [1.29, 1.82) is 0 Å². The molecule has 0 spiro atoms. The lowest BCUT2D eigenvalue weighted by Crippen LogP contribution is -2.33. The average molecular weight is 168 g/mol. The second-order valence-electron chi connectivity index (χ2n) is 2.23. The van der Waals surface area contributed by atoms with E-state index >= 15 is 0 Å². The first-order valence-electron chi connectivity index (χ1n) is 3.28. The minimum Gasteiger partial charge on any atom is -0.423 e. The van der Waals surface area contributed by atoms with Crippen molar-refractivity contribution < 1.29 is 19.2 Å². The van der Waals surface area contributed by atoms with Crippen LogP contribution in [0.5, 0.6) is 0 Å². The molecule has 1 aromatic rings. The van der Waals surface area contributed by atoms with Gasteiger partial charge in [0.1, 0.15) is 0 Å². The summed E-state index contributed by atoms with van der Waals surface area (Å²) >= 11 is 0. The van der Waals surface area contributed by atoms with Crippen molar-refractivity contribution in [2.75, 3.05) is 0 Å². The van der Waals surface area contributed by atoms with Gasteiger partial charge in [-0.15, -0.1) is 0 Å². The molecule has 3 nitrogen and oxygen atoms in total. The lowest BCUT2D eigenvalue weighted by Gasteiger charge is -2.01. The third-order valence-electron chi connectivity index (χ3n) is 1.45. The van der Waals surface area contributed by atoms with E-state index in [-0.39, 0.29) is 11.0 Å². The maximum atomic E-state index is 12.2. The predicted octanol–water partition coefficient (Wildman–Crippen LogP) is -0.524. The standard InChI is InChI=1S/C7H6BFO3/c9-7(10)5-3-1-2-4-6(5)8(11)12/h1-4,11-12H. The van der Waals surface area contributed by atoms with Crippen molar-refractivity contribution in [3.8, 4) is 0 Å². The maximum absolute atomic E-state index is 12.2. The Morgan fingerprint density at radius 3 is 2.33 bits per heavy atom. The third-order valence-corrected chi connectivity index (χ3v) is 1.45. The maximum Gasteiger partial charge on any atom is 0.489 e. The molecule has 62 valence electrons. The first-order valence-corrected chi connectivity index (χ1v) is 3.28. The molecule has 1 aromatic carbocycles. The van der Waals surface area contributed by atoms with Gasteiger partial charge in [0.2, 0.25) is 0 Å². The van der Waals surface area contributed by atoms with E-state index in [0.717, 1.165) is 0 Å². The molecule has 0 heterocycles. The summed E-state index contributed by atoms with van der Waals surface area (Å²) in [5.74, 6) is 0. The van der Waals surface area contributed by atoms with Gasteiger partial charge < -0.3 is 10.0 Å². The second kappa shape index (κ2) is 3.47. The van der Waals surface area contributed by atoms with Crippen LogP contribution in [0, 0.1) is 0 Å². The van der Waals surface area contributed by atoms with Crippen molar-refractivity contribution in [2.45, 2.75) is 0 Å². The van der Waals surface area contributed by atoms with Gasteiger partial charge in [-0.2, -0.15) is 4.39 Å². The van der Waals surface area contributed by atoms with Gasteiger partial charge in [0, 0.05) is 0 Å². The molecule has 0 fully saturated rings. The van der Waals surface area contributed by atoms with Crippen LogP contribution < -0.4 is 5.46 Å². The lowest BCUT2D eigenvalue weighted by atomic mass is 9.77. The van der Waals surface area contributed by atoms with Crippen LogP contribution in [0.3, 0.4) is 0 Å². The molecule has 0 amide bonds. The van der Waals surface area contributed by atoms with E-state index < -0.39 is 13.2 Å². The number of hydrogen-bond donors (Lipinski definition) is 2. The number of benzene rings is 1. The summed E-state index contributed by atoms with van der Waals surface area (Å²) in [5, 5.41) is 17.4. The van der Waals surface area contributed by atoms with Crippen molar-refractivity contribution in [3.63, 3.8) is 0 Å². The lowest BCUT2D eigenvalue weighted by molar-refractivity contribution is 0.0836. The molecule has 0 aliphatic rings. The topological polar surface area (TPSA) is 57.5 Å². The van der Waals surface area contributed by atoms with Crippen molar-refractivity contribution in [2.24, 2.45) is 0 Å². The van der Waals surface area contributed by atoms with Crippen LogP contribution in [0.4, 0.5) is 4.39 Å². The van der Waals surface area contributed by atoms with E-state index in [1.165, 1.54) is 24.3 Å². The Morgan fingerprint density at radius 2 is 1.92 bits per heavy atom. The first kappa shape index (κ1) is 8.90. The Bertz CT molecular complexity index is 300. The monoisotopic (exact) mass is 168 g/mol. The Hall–Kier alpha value is -1.20. The van der Waals surface area contributed by atoms with Crippen LogP contribution in [0.15, 0.2) is 24.3 Å². The molecule has 12 heavy (non-hydrogen) atoms. The van der Waals surface area contributed by atoms with Crippen LogP contribution in [0.1, 0.15) is 10.4 Å². The van der Waals surface area contributed by atoms with Gasteiger partial charge in [-0.1, -0.05) is 18.2 Å². The fraction of sp³-hybridized carbons (Fsp3) is 0. The molecule has 0 radical (unpaired) electrons. The Morgan fingerprint density at radius 1 is 1.33 bits per heavy atom. The average Bonchev–Trinajstić information content (AvgIpc) is 2.04. The third kappa shape index (κ3) is 1.69. The summed E-state index contributed by atoms with van der Waals surface area (Å²) < 4.78 is 12.2. The van der Waals surface area contributed by atoms with Gasteiger partial charge >= 0.3 is 13.2 Å². The van der Waals surface area contributed by atoms with Crippen molar-refractivity contribution in [3.05, 3.63) is 29.8 Å². The molecule has 0 bridgehead atoms. The van der Waals surface area contributed by atoms with E-state index in [1.54, 1.807) is 0 Å². The molecular formula is C7H6BFO3. The summed E-state index contributed by atoms with van der Waals surface area (Å²) in [4.78, 5) is 10.3. The molecule has 0 aliphatic carbocycles. The summed E-state index contributed by atoms with van der Waals surface area (Å²) in [7, 11) is -1.82. The van der Waals surface area contributed by atoms with E-state index in [0.29, 0.717) is 0 Å². The fourth-order valence-corrected chi connectivity index (χ4v) is 0.901. The molecule has 5 heteroatoms. The zero-order valence-electron chi connectivity index (χ0n) is 6.07. The molecule has 0 saturated carbocycles. The highest BCUT2D eigenvalue weighted by Crippen LogP contribution is 1.98. The van der Waals surface area contributed by atoms with Gasteiger partial charge in [0.15, 0.2) is 0 Å². The van der Waals surface area contributed by atoms with Crippen LogP contribution in [0.25, 0.3) is 0 Å². The van der Waals surface area contributed by atoms with Crippen LogP contribution >= 0.6 is 0 Å². The molecule has 0 aliphatic heterocycles. The Balaban J connectivity index is 3.17. The van der Waals surface area contributed by atoms with Gasteiger partial charge in [0.05, 0.1) is 5.56 Å². The summed E-state index contributed by atoms with van der Waals surface area (Å²) in [5.41, 5.74) is -0.433. The van der Waals surface area contributed by atoms with E-state index in [1.807, 2.05) is 0 Å². The molecule has 2 N–H and O–H groups in total. The summed E-state index contributed by atoms with van der Waals surface area (Å²) in [6.07, 6.45) is 0. The largest absolute Gasteiger partial charge is 0.489 e. The predicted molar refractivity (Wildman–Crippen MR) is 41.7 cm³/mol. The highest BCUT2D eigenvalue weighted by Gasteiger charge is 2.18. The summed E-state index contributed by atoms with van der Waals surface area (Å²) in [6.45, 7) is 0. The van der Waals surface area contributed by atoms with E-state index in [2.05, 4.69) is 0 Å². The number of halogens is 1. The van der Waals surface area contributed by atoms with Crippen LogP contribution in [-0.4, -0.2) is 23.2 Å². The van der Waals surface area contributed by atoms with Crippen molar-refractivity contribution >= 4 is 18.6 Å². The molecular weight excluding hydrogens is 162 g/mol. The van der Waals surface area contributed by atoms with Gasteiger partial charge in [-0.3, -0.25) is 4.79 Å². The smallest absolute Gasteiger partial charge is 0.423 e.